The van der Waals surface area contributed by atoms with Gasteiger partial charge in [-0.05, 0) is 56.5 Å². The number of carbonyl (C=O) groups is 3. The number of esters is 1. The van der Waals surface area contributed by atoms with Gasteiger partial charge in [-0.25, -0.2) is 15.0 Å². The number of hydrogen-bond donors (Lipinski definition) is 2. The van der Waals surface area contributed by atoms with Crippen molar-refractivity contribution in [3.05, 3.63) is 39.8 Å². The van der Waals surface area contributed by atoms with E-state index in [4.69, 9.17) is 14.2 Å². The monoisotopic (exact) mass is 461 g/mol. The van der Waals surface area contributed by atoms with E-state index in [1.54, 1.807) is 39.2 Å². The number of hydrogen-bond acceptors (Lipinski definition) is 8. The molecule has 0 fully saturated rings. The minimum Gasteiger partial charge on any atom is -0.493 e. The van der Waals surface area contributed by atoms with Gasteiger partial charge in [-0.2, -0.15) is 5.10 Å². The molecule has 0 saturated carbocycles. The molecule has 0 aliphatic rings. The van der Waals surface area contributed by atoms with Crippen molar-refractivity contribution in [1.82, 2.24) is 5.43 Å². The molecule has 0 aliphatic heterocycles. The number of ketones is 1. The first-order valence-electron chi connectivity index (χ1n) is 10.0. The van der Waals surface area contributed by atoms with Gasteiger partial charge in [0.15, 0.2) is 17.3 Å². The second-order valence-corrected chi connectivity index (χ2v) is 7.64. The van der Waals surface area contributed by atoms with Crippen LogP contribution in [0.1, 0.15) is 58.3 Å². The second-order valence-electron chi connectivity index (χ2n) is 6.62. The third kappa shape index (κ3) is 6.30. The van der Waals surface area contributed by atoms with Crippen molar-refractivity contribution >= 4 is 40.3 Å². The number of rotatable bonds is 10. The summed E-state index contributed by atoms with van der Waals surface area (Å²) in [6.45, 7) is 7.48. The molecular weight excluding hydrogens is 434 g/mol. The molecule has 0 atom stereocenters. The molecule has 0 saturated heterocycles. The van der Waals surface area contributed by atoms with Gasteiger partial charge in [0.05, 0.1) is 37.0 Å². The van der Waals surface area contributed by atoms with E-state index in [-0.39, 0.29) is 23.0 Å². The summed E-state index contributed by atoms with van der Waals surface area (Å²) < 4.78 is 16.0. The number of ether oxygens (including phenoxy) is 3. The Hall–Kier alpha value is -3.40. The Labute approximate surface area is 190 Å². The van der Waals surface area contributed by atoms with Crippen LogP contribution in [0.15, 0.2) is 23.3 Å². The van der Waals surface area contributed by atoms with Crippen LogP contribution in [-0.4, -0.2) is 44.3 Å². The molecular formula is C22H27N3O6S. The van der Waals surface area contributed by atoms with E-state index in [0.29, 0.717) is 34.1 Å². The summed E-state index contributed by atoms with van der Waals surface area (Å²) in [6, 6.07) is 4.60. The largest absolute Gasteiger partial charge is 0.493 e. The van der Waals surface area contributed by atoms with Gasteiger partial charge in [0.2, 0.25) is 0 Å². The van der Waals surface area contributed by atoms with Crippen LogP contribution < -0.4 is 20.2 Å². The molecule has 1 heterocycles. The number of benzene rings is 1. The van der Waals surface area contributed by atoms with Crippen molar-refractivity contribution in [3.63, 3.8) is 0 Å². The first-order valence-corrected chi connectivity index (χ1v) is 10.9. The normalized spacial score (nSPS) is 10.7. The number of urea groups is 1. The van der Waals surface area contributed by atoms with Crippen LogP contribution in [0.4, 0.5) is 9.80 Å². The summed E-state index contributed by atoms with van der Waals surface area (Å²) in [6.07, 6.45) is 2.32. The Balaban J connectivity index is 2.11. The molecule has 2 aromatic rings. The number of hydrazone groups is 1. The van der Waals surface area contributed by atoms with Crippen LogP contribution in [0.2, 0.25) is 0 Å². The molecule has 0 unspecified atom stereocenters. The second kappa shape index (κ2) is 11.8. The van der Waals surface area contributed by atoms with Gasteiger partial charge in [-0.1, -0.05) is 6.92 Å². The smallest absolute Gasteiger partial charge is 0.341 e. The summed E-state index contributed by atoms with van der Waals surface area (Å²) in [5.74, 6) is 0.365. The van der Waals surface area contributed by atoms with E-state index < -0.39 is 12.0 Å². The van der Waals surface area contributed by atoms with E-state index in [2.05, 4.69) is 15.8 Å². The quantitative estimate of drug-likeness (QED) is 0.235. The summed E-state index contributed by atoms with van der Waals surface area (Å²) >= 11 is 1.01. The van der Waals surface area contributed by atoms with Gasteiger partial charge < -0.3 is 14.2 Å². The van der Waals surface area contributed by atoms with Gasteiger partial charge in [0.25, 0.3) is 0 Å². The number of methoxy groups -OCH3 is 1. The number of nitrogens with one attached hydrogen (secondary N) is 2. The SMILES string of the molecule is CCCOc1ccc(C=NNC(=O)Nc2sc(C(C)=O)c(C)c2C(=O)OCC)cc1OC. The maximum absolute atomic E-state index is 12.3. The van der Waals surface area contributed by atoms with E-state index in [9.17, 15) is 14.4 Å². The fourth-order valence-corrected chi connectivity index (χ4v) is 3.86. The molecule has 1 aromatic heterocycles. The number of Topliss-reactive ketones (excluding diaryl/α,β-unsaturated/α-hetero) is 1. The van der Waals surface area contributed by atoms with Crippen LogP contribution in [0, 0.1) is 6.92 Å². The molecule has 0 bridgehead atoms. The molecule has 0 spiro atoms. The molecule has 2 N–H and O–H groups in total. The highest BCUT2D eigenvalue weighted by molar-refractivity contribution is 7.18. The van der Waals surface area contributed by atoms with Crippen LogP contribution >= 0.6 is 11.3 Å². The van der Waals surface area contributed by atoms with Crippen LogP contribution in [0.3, 0.4) is 0 Å². The lowest BCUT2D eigenvalue weighted by molar-refractivity contribution is 0.0527. The van der Waals surface area contributed by atoms with E-state index in [1.165, 1.54) is 13.1 Å². The number of amides is 2. The van der Waals surface area contributed by atoms with Gasteiger partial charge >= 0.3 is 12.0 Å². The van der Waals surface area contributed by atoms with Crippen LogP contribution in [0.5, 0.6) is 11.5 Å². The summed E-state index contributed by atoms with van der Waals surface area (Å²) in [5, 5.41) is 6.70. The Kier molecular flexibility index (Phi) is 9.21. The summed E-state index contributed by atoms with van der Waals surface area (Å²) in [4.78, 5) is 36.8. The molecule has 2 rings (SSSR count). The average Bonchev–Trinajstić information content (AvgIpc) is 3.08. The lowest BCUT2D eigenvalue weighted by Gasteiger charge is -2.10. The van der Waals surface area contributed by atoms with Crippen molar-refractivity contribution in [2.45, 2.75) is 34.1 Å². The minimum absolute atomic E-state index is 0.161. The highest BCUT2D eigenvalue weighted by Crippen LogP contribution is 2.34. The third-order valence-electron chi connectivity index (χ3n) is 4.20. The Morgan fingerprint density at radius 3 is 2.56 bits per heavy atom. The lowest BCUT2D eigenvalue weighted by Crippen LogP contribution is -2.24. The van der Waals surface area contributed by atoms with Crippen molar-refractivity contribution in [2.75, 3.05) is 25.6 Å². The van der Waals surface area contributed by atoms with Gasteiger partial charge in [0.1, 0.15) is 5.00 Å². The Morgan fingerprint density at radius 1 is 1.19 bits per heavy atom. The zero-order valence-electron chi connectivity index (χ0n) is 18.7. The third-order valence-corrected chi connectivity index (χ3v) is 5.51. The fraction of sp³-hybridized carbons (Fsp3) is 0.364. The first kappa shape index (κ1) is 24.9. The zero-order chi connectivity index (χ0) is 23.7. The van der Waals surface area contributed by atoms with Gasteiger partial charge in [0, 0.05) is 0 Å². The molecule has 0 radical (unpaired) electrons. The predicted molar refractivity (Wildman–Crippen MR) is 124 cm³/mol. The first-order chi connectivity index (χ1) is 15.3. The number of anilines is 1. The van der Waals surface area contributed by atoms with Crippen LogP contribution in [-0.2, 0) is 4.74 Å². The predicted octanol–water partition coefficient (Wildman–Crippen LogP) is 4.39. The zero-order valence-corrected chi connectivity index (χ0v) is 19.6. The Bertz CT molecular complexity index is 1020. The van der Waals surface area contributed by atoms with Crippen molar-refractivity contribution < 1.29 is 28.6 Å². The Morgan fingerprint density at radius 2 is 1.94 bits per heavy atom. The molecule has 32 heavy (non-hydrogen) atoms. The highest BCUT2D eigenvalue weighted by atomic mass is 32.1. The van der Waals surface area contributed by atoms with E-state index >= 15 is 0 Å². The summed E-state index contributed by atoms with van der Waals surface area (Å²) in [7, 11) is 1.54. The molecule has 172 valence electrons. The minimum atomic E-state index is -0.669. The molecule has 2 amide bonds. The number of nitrogens with zero attached hydrogens (tertiary/aromatic N) is 1. The standard InChI is InChI=1S/C22H27N3O6S/c1-6-10-31-16-9-8-15(11-17(16)29-5)12-23-25-22(28)24-20-18(21(27)30-7-2)13(3)19(32-20)14(4)26/h8-9,11-12H,6-7,10H2,1-5H3,(H2,24,25,28). The van der Waals surface area contributed by atoms with Crippen LogP contribution in [0.25, 0.3) is 0 Å². The van der Waals surface area contributed by atoms with Gasteiger partial charge in [-0.15, -0.1) is 11.3 Å². The lowest BCUT2D eigenvalue weighted by atomic mass is 10.1. The van der Waals surface area contributed by atoms with Gasteiger partial charge in [-0.3, -0.25) is 10.1 Å². The topological polar surface area (TPSA) is 115 Å². The van der Waals surface area contributed by atoms with E-state index in [0.717, 1.165) is 17.8 Å². The number of thiophene rings is 1. The maximum Gasteiger partial charge on any atom is 0.341 e. The maximum atomic E-state index is 12.3. The fourth-order valence-electron chi connectivity index (χ4n) is 2.78. The highest BCUT2D eigenvalue weighted by Gasteiger charge is 2.25. The molecule has 10 heteroatoms. The average molecular weight is 462 g/mol. The van der Waals surface area contributed by atoms with Crippen molar-refractivity contribution in [1.29, 1.82) is 0 Å². The van der Waals surface area contributed by atoms with Crippen molar-refractivity contribution in [2.24, 2.45) is 5.10 Å². The number of carbonyl (C=O) groups excluding carboxylic acids is 3. The molecule has 1 aromatic carbocycles. The van der Waals surface area contributed by atoms with Crippen molar-refractivity contribution in [3.8, 4) is 11.5 Å². The molecule has 9 nitrogen and oxygen atoms in total. The summed E-state index contributed by atoms with van der Waals surface area (Å²) in [5.41, 5.74) is 3.65. The molecule has 0 aliphatic carbocycles. The van der Waals surface area contributed by atoms with E-state index in [1.807, 2.05) is 6.92 Å².